The van der Waals surface area contributed by atoms with E-state index in [1.165, 1.54) is 6.20 Å². The maximum atomic E-state index is 11.2. The lowest BCUT2D eigenvalue weighted by Crippen LogP contribution is -2.34. The van der Waals surface area contributed by atoms with Crippen LogP contribution in [-0.4, -0.2) is 9.55 Å². The molecule has 0 saturated carbocycles. The quantitative estimate of drug-likeness (QED) is 0.685. The minimum absolute atomic E-state index is 0.0202. The van der Waals surface area contributed by atoms with Gasteiger partial charge in [-0.25, -0.2) is 9.36 Å². The monoisotopic (exact) mass is 228 g/mol. The van der Waals surface area contributed by atoms with Gasteiger partial charge in [0.2, 0.25) is 0 Å². The van der Waals surface area contributed by atoms with Crippen LogP contribution in [0.2, 0.25) is 0 Å². The van der Waals surface area contributed by atoms with Gasteiger partial charge in [0.25, 0.3) is 5.56 Å². The number of nitrogens with zero attached hydrogens (tertiary/aromatic N) is 1. The van der Waals surface area contributed by atoms with Gasteiger partial charge in [-0.1, -0.05) is 5.92 Å². The molecule has 0 radical (unpaired) electrons. The third-order valence-corrected chi connectivity index (χ3v) is 1.83. The molecule has 0 fully saturated rings. The van der Waals surface area contributed by atoms with E-state index in [0.717, 1.165) is 4.57 Å². The van der Waals surface area contributed by atoms with E-state index in [0.29, 0.717) is 0 Å². The number of terminal acetylenes is 1. The molecule has 1 rings (SSSR count). The average Bonchev–Trinajstić information content (AvgIpc) is 2.06. The van der Waals surface area contributed by atoms with E-state index in [1.807, 2.05) is 0 Å². The van der Waals surface area contributed by atoms with E-state index in [2.05, 4.69) is 26.8 Å². The van der Waals surface area contributed by atoms with Crippen molar-refractivity contribution in [1.29, 1.82) is 0 Å². The maximum absolute atomic E-state index is 11.2. The van der Waals surface area contributed by atoms with Crippen molar-refractivity contribution < 1.29 is 0 Å². The summed E-state index contributed by atoms with van der Waals surface area (Å²) in [6.45, 7) is -0.0202. The van der Waals surface area contributed by atoms with E-state index < -0.39 is 11.2 Å². The van der Waals surface area contributed by atoms with E-state index in [-0.39, 0.29) is 11.0 Å². The first-order valence-corrected chi connectivity index (χ1v) is 3.87. The lowest BCUT2D eigenvalue weighted by molar-refractivity contribution is 0.721. The predicted molar refractivity (Wildman–Crippen MR) is 47.9 cm³/mol. The second-order valence-corrected chi connectivity index (χ2v) is 2.89. The molecule has 0 amide bonds. The lowest BCUT2D eigenvalue weighted by atomic mass is 10.6. The fourth-order valence-corrected chi connectivity index (χ4v) is 1.05. The van der Waals surface area contributed by atoms with Crippen LogP contribution < -0.4 is 11.2 Å². The van der Waals surface area contributed by atoms with E-state index >= 15 is 0 Å². The molecule has 0 aromatic carbocycles. The number of hydrogen-bond donors (Lipinski definition) is 1. The van der Waals surface area contributed by atoms with Gasteiger partial charge in [0, 0.05) is 6.20 Å². The standard InChI is InChI=1S/C7H5BrN2O2/c1-2-3-10-6(11)5(8)4-9-7(10)12/h1,4H,3H2,(H,9,12). The topological polar surface area (TPSA) is 54.9 Å². The minimum atomic E-state index is -0.499. The molecular formula is C7H5BrN2O2. The van der Waals surface area contributed by atoms with Crippen molar-refractivity contribution >= 4 is 15.9 Å². The third-order valence-electron chi connectivity index (χ3n) is 1.27. The molecule has 0 unspecified atom stereocenters. The first-order chi connectivity index (χ1) is 5.66. The highest BCUT2D eigenvalue weighted by molar-refractivity contribution is 9.10. The van der Waals surface area contributed by atoms with Crippen LogP contribution in [0.1, 0.15) is 0 Å². The summed E-state index contributed by atoms with van der Waals surface area (Å²) in [5.41, 5.74) is -0.919. The maximum Gasteiger partial charge on any atom is 0.329 e. The molecule has 0 saturated heterocycles. The van der Waals surface area contributed by atoms with Gasteiger partial charge >= 0.3 is 5.69 Å². The number of aromatic amines is 1. The van der Waals surface area contributed by atoms with Crippen LogP contribution in [0.4, 0.5) is 0 Å². The van der Waals surface area contributed by atoms with Crippen LogP contribution in [0.5, 0.6) is 0 Å². The molecule has 1 aromatic rings. The Morgan fingerprint density at radius 2 is 2.33 bits per heavy atom. The smallest absolute Gasteiger partial charge is 0.313 e. The molecule has 1 heterocycles. The van der Waals surface area contributed by atoms with Gasteiger partial charge in [-0.2, -0.15) is 0 Å². The molecule has 5 heteroatoms. The highest BCUT2D eigenvalue weighted by Gasteiger charge is 2.01. The third kappa shape index (κ3) is 1.48. The van der Waals surface area contributed by atoms with Crippen molar-refractivity contribution in [3.63, 3.8) is 0 Å². The second-order valence-electron chi connectivity index (χ2n) is 2.04. The summed E-state index contributed by atoms with van der Waals surface area (Å²) >= 11 is 2.98. The van der Waals surface area contributed by atoms with Gasteiger partial charge in [-0.05, 0) is 15.9 Å². The Morgan fingerprint density at radius 1 is 1.67 bits per heavy atom. The van der Waals surface area contributed by atoms with Crippen LogP contribution in [0.3, 0.4) is 0 Å². The summed E-state index contributed by atoms with van der Waals surface area (Å²) in [6, 6.07) is 0. The largest absolute Gasteiger partial charge is 0.329 e. The minimum Gasteiger partial charge on any atom is -0.313 e. The molecule has 0 bridgehead atoms. The number of halogens is 1. The Balaban J connectivity index is 3.46. The molecule has 0 spiro atoms. The number of aromatic nitrogens is 2. The number of rotatable bonds is 1. The van der Waals surface area contributed by atoms with Crippen LogP contribution in [0.15, 0.2) is 20.3 Å². The normalized spacial score (nSPS) is 9.33. The van der Waals surface area contributed by atoms with Crippen LogP contribution in [-0.2, 0) is 6.54 Å². The van der Waals surface area contributed by atoms with Crippen LogP contribution in [0, 0.1) is 12.3 Å². The first-order valence-electron chi connectivity index (χ1n) is 3.08. The molecule has 12 heavy (non-hydrogen) atoms. The van der Waals surface area contributed by atoms with Crippen molar-refractivity contribution in [1.82, 2.24) is 9.55 Å². The summed E-state index contributed by atoms with van der Waals surface area (Å²) in [7, 11) is 0. The molecule has 1 N–H and O–H groups in total. The number of nitrogens with one attached hydrogen (secondary N) is 1. The van der Waals surface area contributed by atoms with Crippen LogP contribution >= 0.6 is 15.9 Å². The summed E-state index contributed by atoms with van der Waals surface area (Å²) in [5.74, 6) is 2.22. The molecule has 0 aliphatic heterocycles. The Bertz CT molecular complexity index is 438. The van der Waals surface area contributed by atoms with Crippen LogP contribution in [0.25, 0.3) is 0 Å². The summed E-state index contributed by atoms with van der Waals surface area (Å²) in [5, 5.41) is 0. The molecular weight excluding hydrogens is 224 g/mol. The molecule has 0 aliphatic carbocycles. The van der Waals surface area contributed by atoms with Gasteiger partial charge in [-0.3, -0.25) is 4.79 Å². The molecule has 1 aromatic heterocycles. The summed E-state index contributed by atoms with van der Waals surface area (Å²) < 4.78 is 1.22. The Morgan fingerprint density at radius 3 is 2.92 bits per heavy atom. The zero-order chi connectivity index (χ0) is 9.14. The van der Waals surface area contributed by atoms with Gasteiger partial charge in [-0.15, -0.1) is 6.42 Å². The number of H-pyrrole nitrogens is 1. The summed E-state index contributed by atoms with van der Waals surface area (Å²) in [4.78, 5) is 24.5. The second kappa shape index (κ2) is 3.41. The SMILES string of the molecule is C#CCn1c(=O)[nH]cc(Br)c1=O. The summed E-state index contributed by atoms with van der Waals surface area (Å²) in [6.07, 6.45) is 6.26. The lowest BCUT2D eigenvalue weighted by Gasteiger charge is -1.97. The van der Waals surface area contributed by atoms with E-state index in [9.17, 15) is 9.59 Å². The Hall–Kier alpha value is -1.28. The van der Waals surface area contributed by atoms with Crippen molar-refractivity contribution in [2.24, 2.45) is 0 Å². The highest BCUT2D eigenvalue weighted by atomic mass is 79.9. The Labute approximate surface area is 76.4 Å². The number of hydrogen-bond acceptors (Lipinski definition) is 2. The first kappa shape index (κ1) is 8.81. The predicted octanol–water partition coefficient (Wildman–Crippen LogP) is -0.0677. The Kier molecular flexibility index (Phi) is 2.51. The highest BCUT2D eigenvalue weighted by Crippen LogP contribution is 1.95. The van der Waals surface area contributed by atoms with Gasteiger partial charge in [0.05, 0.1) is 11.0 Å². The average molecular weight is 229 g/mol. The van der Waals surface area contributed by atoms with Gasteiger partial charge in [0.15, 0.2) is 0 Å². The zero-order valence-electron chi connectivity index (χ0n) is 6.00. The van der Waals surface area contributed by atoms with Crippen molar-refractivity contribution in [2.75, 3.05) is 0 Å². The van der Waals surface area contributed by atoms with Crippen molar-refractivity contribution in [3.05, 3.63) is 31.5 Å². The van der Waals surface area contributed by atoms with Gasteiger partial charge < -0.3 is 4.98 Å². The molecule has 0 atom stereocenters. The zero-order valence-corrected chi connectivity index (χ0v) is 7.59. The van der Waals surface area contributed by atoms with Crippen molar-refractivity contribution in [3.8, 4) is 12.3 Å². The molecule has 62 valence electrons. The van der Waals surface area contributed by atoms with Crippen molar-refractivity contribution in [2.45, 2.75) is 6.54 Å². The fourth-order valence-electron chi connectivity index (χ4n) is 0.721. The van der Waals surface area contributed by atoms with Gasteiger partial charge in [0.1, 0.15) is 0 Å². The molecule has 0 aliphatic rings. The van der Waals surface area contributed by atoms with E-state index in [1.54, 1.807) is 0 Å². The van der Waals surface area contributed by atoms with E-state index in [4.69, 9.17) is 6.42 Å². The molecule has 4 nitrogen and oxygen atoms in total. The fraction of sp³-hybridized carbons (Fsp3) is 0.143.